The highest BCUT2D eigenvalue weighted by Gasteiger charge is 2.08. The van der Waals surface area contributed by atoms with Crippen LogP contribution in [0.3, 0.4) is 0 Å². The van der Waals surface area contributed by atoms with Gasteiger partial charge in [-0.1, -0.05) is 6.92 Å². The molecule has 0 radical (unpaired) electrons. The lowest BCUT2D eigenvalue weighted by molar-refractivity contribution is 0.804. The van der Waals surface area contributed by atoms with E-state index >= 15 is 0 Å². The maximum Gasteiger partial charge on any atom is 0.0294 e. The molecule has 0 heterocycles. The van der Waals surface area contributed by atoms with Crippen molar-refractivity contribution in [2.24, 2.45) is 4.40 Å². The van der Waals surface area contributed by atoms with Crippen LogP contribution in [0.25, 0.3) is 0 Å². The molecule has 0 amide bonds. The van der Waals surface area contributed by atoms with Crippen LogP contribution in [0.5, 0.6) is 0 Å². The van der Waals surface area contributed by atoms with E-state index in [1.54, 1.807) is 11.9 Å². The summed E-state index contributed by atoms with van der Waals surface area (Å²) in [7, 11) is 0. The van der Waals surface area contributed by atoms with Crippen molar-refractivity contribution in [3.05, 3.63) is 0 Å². The molecule has 0 spiro atoms. The highest BCUT2D eigenvalue weighted by molar-refractivity contribution is 7.99. The third-order valence-corrected chi connectivity index (χ3v) is 1.39. The Bertz CT molecular complexity index is 91.6. The van der Waals surface area contributed by atoms with E-state index in [9.17, 15) is 0 Å². The maximum atomic E-state index is 4.15. The molecule has 0 unspecified atom stereocenters. The van der Waals surface area contributed by atoms with E-state index in [2.05, 4.69) is 32.1 Å². The first kappa shape index (κ1) is 9.02. The van der Waals surface area contributed by atoms with Gasteiger partial charge in [0.2, 0.25) is 0 Å². The number of hydrogen-bond acceptors (Lipinski definition) is 2. The molecular weight excluding hydrogens is 130 g/mol. The van der Waals surface area contributed by atoms with Gasteiger partial charge in [-0.3, -0.25) is 0 Å². The topological polar surface area (TPSA) is 12.4 Å². The fourth-order valence-corrected chi connectivity index (χ4v) is 0.810. The molecule has 0 saturated heterocycles. The van der Waals surface area contributed by atoms with Gasteiger partial charge in [-0.15, -0.1) is 0 Å². The second kappa shape index (κ2) is 3.94. The Morgan fingerprint density at radius 2 is 2.00 bits per heavy atom. The molecular formula is C7H15NS. The zero-order valence-corrected chi connectivity index (χ0v) is 7.46. The highest BCUT2D eigenvalue weighted by atomic mass is 32.2. The summed E-state index contributed by atoms with van der Waals surface area (Å²) in [6.45, 7) is 8.56. The van der Waals surface area contributed by atoms with Crippen molar-refractivity contribution in [1.29, 1.82) is 0 Å². The third kappa shape index (κ3) is 8.02. The van der Waals surface area contributed by atoms with Crippen LogP contribution in [0.15, 0.2) is 4.40 Å². The lowest BCUT2D eigenvalue weighted by atomic mass is 10.3. The molecule has 54 valence electrons. The highest BCUT2D eigenvalue weighted by Crippen LogP contribution is 2.23. The van der Waals surface area contributed by atoms with E-state index in [0.29, 0.717) is 0 Å². The maximum absolute atomic E-state index is 4.15. The van der Waals surface area contributed by atoms with Crippen molar-refractivity contribution in [1.82, 2.24) is 0 Å². The van der Waals surface area contributed by atoms with Crippen LogP contribution in [0, 0.1) is 0 Å². The Kier molecular flexibility index (Phi) is 3.95. The summed E-state index contributed by atoms with van der Waals surface area (Å²) in [5.41, 5.74) is 0. The Balaban J connectivity index is 3.38. The normalized spacial score (nSPS) is 12.9. The molecule has 0 saturated carbocycles. The molecule has 0 fully saturated rings. The molecule has 0 rings (SSSR count). The fraction of sp³-hybridized carbons (Fsp3) is 0.857. The van der Waals surface area contributed by atoms with Gasteiger partial charge in [0.05, 0.1) is 0 Å². The summed E-state index contributed by atoms with van der Waals surface area (Å²) in [6, 6.07) is 0. The first-order valence-electron chi connectivity index (χ1n) is 3.26. The van der Waals surface area contributed by atoms with Crippen LogP contribution in [0.4, 0.5) is 0 Å². The van der Waals surface area contributed by atoms with Crippen LogP contribution in [0.2, 0.25) is 0 Å². The van der Waals surface area contributed by atoms with E-state index in [4.69, 9.17) is 0 Å². The molecule has 9 heavy (non-hydrogen) atoms. The first-order chi connectivity index (χ1) is 4.06. The van der Waals surface area contributed by atoms with E-state index in [0.717, 1.165) is 6.42 Å². The summed E-state index contributed by atoms with van der Waals surface area (Å²) < 4.78 is 4.42. The molecule has 0 aromatic carbocycles. The predicted octanol–water partition coefficient (Wildman–Crippen LogP) is 2.91. The third-order valence-electron chi connectivity index (χ3n) is 0.584. The van der Waals surface area contributed by atoms with Crippen LogP contribution >= 0.6 is 11.9 Å². The van der Waals surface area contributed by atoms with Gasteiger partial charge in [0.25, 0.3) is 0 Å². The van der Waals surface area contributed by atoms with E-state index in [-0.39, 0.29) is 4.75 Å². The van der Waals surface area contributed by atoms with Gasteiger partial charge in [-0.05, 0) is 39.1 Å². The Morgan fingerprint density at radius 1 is 1.44 bits per heavy atom. The van der Waals surface area contributed by atoms with E-state index < -0.39 is 0 Å². The van der Waals surface area contributed by atoms with Crippen molar-refractivity contribution >= 4 is 18.2 Å². The molecule has 0 bridgehead atoms. The van der Waals surface area contributed by atoms with Gasteiger partial charge in [-0.25, -0.2) is 4.40 Å². The summed E-state index contributed by atoms with van der Waals surface area (Å²) in [5.74, 6) is 0. The van der Waals surface area contributed by atoms with Crippen LogP contribution in [-0.4, -0.2) is 11.0 Å². The smallest absolute Gasteiger partial charge is 0.0294 e. The summed E-state index contributed by atoms with van der Waals surface area (Å²) in [5, 5.41) is 0. The lowest BCUT2D eigenvalue weighted by Gasteiger charge is -2.11. The molecule has 1 nitrogen and oxygen atoms in total. The lowest BCUT2D eigenvalue weighted by Crippen LogP contribution is -2.04. The molecule has 0 aliphatic rings. The number of nitrogens with zero attached hydrogens (tertiary/aromatic N) is 1. The van der Waals surface area contributed by atoms with Gasteiger partial charge < -0.3 is 0 Å². The summed E-state index contributed by atoms with van der Waals surface area (Å²) >= 11 is 1.63. The van der Waals surface area contributed by atoms with Gasteiger partial charge in [-0.2, -0.15) is 0 Å². The van der Waals surface area contributed by atoms with Gasteiger partial charge >= 0.3 is 0 Å². The minimum Gasteiger partial charge on any atom is -0.228 e. The van der Waals surface area contributed by atoms with Crippen LogP contribution in [-0.2, 0) is 0 Å². The Morgan fingerprint density at radius 3 is 2.33 bits per heavy atom. The molecule has 2 heteroatoms. The minimum absolute atomic E-state index is 0.270. The number of rotatable bonds is 2. The van der Waals surface area contributed by atoms with E-state index in [1.165, 1.54) is 0 Å². The standard InChI is InChI=1S/C7H15NS/c1-5-6-8-9-7(2,3)4/h6H,5H2,1-4H3/b8-6-. The average Bonchev–Trinajstić information content (AvgIpc) is 1.63. The van der Waals surface area contributed by atoms with Crippen LogP contribution in [0.1, 0.15) is 34.1 Å². The Hall–Kier alpha value is 0.0200. The van der Waals surface area contributed by atoms with Crippen molar-refractivity contribution in [3.63, 3.8) is 0 Å². The average molecular weight is 145 g/mol. The molecule has 0 aromatic rings. The minimum atomic E-state index is 0.270. The molecule has 0 atom stereocenters. The van der Waals surface area contributed by atoms with Gasteiger partial charge in [0, 0.05) is 11.0 Å². The van der Waals surface area contributed by atoms with Crippen molar-refractivity contribution in [3.8, 4) is 0 Å². The molecule has 0 aliphatic carbocycles. The molecule has 0 aliphatic heterocycles. The molecule has 0 N–H and O–H groups in total. The van der Waals surface area contributed by atoms with Crippen molar-refractivity contribution in [2.75, 3.05) is 0 Å². The quantitative estimate of drug-likeness (QED) is 0.430. The van der Waals surface area contributed by atoms with E-state index in [1.807, 2.05) is 6.21 Å². The monoisotopic (exact) mass is 145 g/mol. The van der Waals surface area contributed by atoms with Gasteiger partial charge in [0.1, 0.15) is 0 Å². The Labute approximate surface area is 62.1 Å². The largest absolute Gasteiger partial charge is 0.228 e. The SMILES string of the molecule is CC/C=N\SC(C)(C)C. The zero-order chi connectivity index (χ0) is 7.33. The van der Waals surface area contributed by atoms with Crippen molar-refractivity contribution < 1.29 is 0 Å². The molecule has 0 aromatic heterocycles. The van der Waals surface area contributed by atoms with Gasteiger partial charge in [0.15, 0.2) is 0 Å². The zero-order valence-electron chi connectivity index (χ0n) is 6.64. The fourth-order valence-electron chi connectivity index (χ4n) is 0.270. The predicted molar refractivity (Wildman–Crippen MR) is 46.1 cm³/mol. The number of hydrogen-bond donors (Lipinski definition) is 0. The second-order valence-electron chi connectivity index (χ2n) is 2.90. The second-order valence-corrected chi connectivity index (χ2v) is 4.52. The van der Waals surface area contributed by atoms with Crippen LogP contribution < -0.4 is 0 Å². The summed E-state index contributed by atoms with van der Waals surface area (Å²) in [4.78, 5) is 0. The first-order valence-corrected chi connectivity index (χ1v) is 4.03. The van der Waals surface area contributed by atoms with Crippen molar-refractivity contribution in [2.45, 2.75) is 38.9 Å². The summed E-state index contributed by atoms with van der Waals surface area (Å²) in [6.07, 6.45) is 2.97.